The number of pyridine rings is 1. The van der Waals surface area contributed by atoms with E-state index in [1.807, 2.05) is 20.8 Å². The first kappa shape index (κ1) is 13.9. The Bertz CT molecular complexity index is 653. The lowest BCUT2D eigenvalue weighted by Gasteiger charge is -2.37. The summed E-state index contributed by atoms with van der Waals surface area (Å²) in [6, 6.07) is 3.33. The highest BCUT2D eigenvalue weighted by Crippen LogP contribution is 2.69. The second-order valence-corrected chi connectivity index (χ2v) is 6.71. The van der Waals surface area contributed by atoms with Crippen LogP contribution in [0.5, 0.6) is 0 Å². The Balaban J connectivity index is 2.02. The number of aromatic nitrogens is 1. The van der Waals surface area contributed by atoms with Gasteiger partial charge in [-0.2, -0.15) is 0 Å². The first-order chi connectivity index (χ1) is 9.77. The molecule has 5 heteroatoms. The number of carbonyl (C=O) groups excluding carboxylic acids is 3. The molecule has 0 unspecified atom stereocenters. The van der Waals surface area contributed by atoms with Crippen LogP contribution in [0.4, 0.5) is 5.69 Å². The van der Waals surface area contributed by atoms with Gasteiger partial charge in [0.15, 0.2) is 0 Å². The van der Waals surface area contributed by atoms with Crippen molar-refractivity contribution in [1.29, 1.82) is 0 Å². The zero-order valence-electron chi connectivity index (χ0n) is 12.4. The van der Waals surface area contributed by atoms with Crippen LogP contribution in [0.15, 0.2) is 24.5 Å². The fraction of sp³-hybridized carbons (Fsp3) is 0.500. The number of nitrogens with one attached hydrogen (secondary N) is 1. The summed E-state index contributed by atoms with van der Waals surface area (Å²) in [4.78, 5) is 41.5. The van der Waals surface area contributed by atoms with Crippen molar-refractivity contribution in [2.24, 2.45) is 16.2 Å². The van der Waals surface area contributed by atoms with Crippen molar-refractivity contribution in [3.05, 3.63) is 24.5 Å². The predicted octanol–water partition coefficient (Wildman–Crippen LogP) is 1.98. The van der Waals surface area contributed by atoms with Gasteiger partial charge < -0.3 is 5.32 Å². The van der Waals surface area contributed by atoms with E-state index in [1.165, 1.54) is 0 Å². The van der Waals surface area contributed by atoms with E-state index in [4.69, 9.17) is 0 Å². The molecule has 2 atom stereocenters. The third-order valence-corrected chi connectivity index (χ3v) is 5.87. The first-order valence-corrected chi connectivity index (χ1v) is 7.08. The maximum atomic E-state index is 12.8. The number of Topliss-reactive ketones (excluding diaryl/α,β-unsaturated/α-hetero) is 2. The van der Waals surface area contributed by atoms with Crippen molar-refractivity contribution in [1.82, 2.24) is 4.98 Å². The van der Waals surface area contributed by atoms with Crippen molar-refractivity contribution in [3.8, 4) is 0 Å². The standard InChI is InChI=1S/C16H18N2O3/c1-14(2)15(3)6-7-16(14,12(20)11(15)19)13(21)18-10-4-8-17-9-5-10/h4-5,8-9H,6-7H2,1-3H3,(H,17,18,21)/t15-,16+/m1/s1. The van der Waals surface area contributed by atoms with Crippen LogP contribution in [0, 0.1) is 16.2 Å². The molecule has 2 fully saturated rings. The lowest BCUT2D eigenvalue weighted by atomic mass is 9.64. The highest BCUT2D eigenvalue weighted by atomic mass is 16.2. The summed E-state index contributed by atoms with van der Waals surface area (Å²) in [5, 5.41) is 2.77. The fourth-order valence-corrected chi connectivity index (χ4v) is 3.95. The van der Waals surface area contributed by atoms with Crippen molar-refractivity contribution in [2.45, 2.75) is 33.6 Å². The first-order valence-electron chi connectivity index (χ1n) is 7.08. The second kappa shape index (κ2) is 4.00. The maximum absolute atomic E-state index is 12.8. The molecule has 1 aromatic heterocycles. The normalized spacial score (nSPS) is 33.3. The molecule has 2 aliphatic rings. The SMILES string of the molecule is CC1(C)[C@@]2(C(=O)Nc3ccncc3)CC[C@]1(C)C(=O)C2=O. The van der Waals surface area contributed by atoms with E-state index in [1.54, 1.807) is 24.5 Å². The molecule has 5 nitrogen and oxygen atoms in total. The minimum Gasteiger partial charge on any atom is -0.325 e. The third kappa shape index (κ3) is 1.41. The van der Waals surface area contributed by atoms with Crippen LogP contribution in [0.2, 0.25) is 0 Å². The van der Waals surface area contributed by atoms with E-state index in [0.29, 0.717) is 18.5 Å². The number of fused-ring (bicyclic) bond motifs is 2. The molecule has 1 aromatic rings. The number of hydrogen-bond donors (Lipinski definition) is 1. The van der Waals surface area contributed by atoms with Gasteiger partial charge in [-0.05, 0) is 30.4 Å². The van der Waals surface area contributed by atoms with Crippen LogP contribution >= 0.6 is 0 Å². The van der Waals surface area contributed by atoms with Crippen LogP contribution in [0.25, 0.3) is 0 Å². The lowest BCUT2D eigenvalue weighted by molar-refractivity contribution is -0.147. The third-order valence-electron chi connectivity index (χ3n) is 5.87. The maximum Gasteiger partial charge on any atom is 0.239 e. The second-order valence-electron chi connectivity index (χ2n) is 6.71. The Morgan fingerprint density at radius 3 is 2.24 bits per heavy atom. The number of hydrogen-bond acceptors (Lipinski definition) is 4. The van der Waals surface area contributed by atoms with Gasteiger partial charge in [0, 0.05) is 23.5 Å². The molecule has 1 amide bonds. The van der Waals surface area contributed by atoms with E-state index >= 15 is 0 Å². The van der Waals surface area contributed by atoms with E-state index in [0.717, 1.165) is 0 Å². The Morgan fingerprint density at radius 1 is 1.10 bits per heavy atom. The quantitative estimate of drug-likeness (QED) is 0.666. The van der Waals surface area contributed by atoms with Crippen LogP contribution in [-0.4, -0.2) is 22.5 Å². The molecule has 2 aliphatic carbocycles. The Hall–Kier alpha value is -2.04. The molecule has 110 valence electrons. The average Bonchev–Trinajstić information content (AvgIpc) is 2.72. The zero-order valence-corrected chi connectivity index (χ0v) is 12.4. The zero-order chi connectivity index (χ0) is 15.5. The van der Waals surface area contributed by atoms with Crippen LogP contribution < -0.4 is 5.32 Å². The van der Waals surface area contributed by atoms with Gasteiger partial charge in [0.2, 0.25) is 17.5 Å². The van der Waals surface area contributed by atoms with E-state index in [9.17, 15) is 14.4 Å². The van der Waals surface area contributed by atoms with Gasteiger partial charge in [0.05, 0.1) is 0 Å². The number of nitrogens with zero attached hydrogens (tertiary/aromatic N) is 1. The summed E-state index contributed by atoms with van der Waals surface area (Å²) in [7, 11) is 0. The van der Waals surface area contributed by atoms with E-state index < -0.39 is 27.8 Å². The summed E-state index contributed by atoms with van der Waals surface area (Å²) in [6.07, 6.45) is 4.14. The number of ketones is 2. The summed E-state index contributed by atoms with van der Waals surface area (Å²) >= 11 is 0. The van der Waals surface area contributed by atoms with Crippen molar-refractivity contribution in [3.63, 3.8) is 0 Å². The van der Waals surface area contributed by atoms with Crippen molar-refractivity contribution >= 4 is 23.2 Å². The predicted molar refractivity (Wildman–Crippen MR) is 76.4 cm³/mol. The highest BCUT2D eigenvalue weighted by molar-refractivity contribution is 6.49. The molecule has 0 radical (unpaired) electrons. The molecule has 0 aliphatic heterocycles. The van der Waals surface area contributed by atoms with Crippen LogP contribution in [0.1, 0.15) is 33.6 Å². The van der Waals surface area contributed by atoms with Crippen molar-refractivity contribution < 1.29 is 14.4 Å². The van der Waals surface area contributed by atoms with E-state index in [2.05, 4.69) is 10.3 Å². The minimum absolute atomic E-state index is 0.377. The van der Waals surface area contributed by atoms with Crippen LogP contribution in [0.3, 0.4) is 0 Å². The monoisotopic (exact) mass is 286 g/mol. The molecular weight excluding hydrogens is 268 g/mol. The molecule has 1 heterocycles. The molecule has 21 heavy (non-hydrogen) atoms. The Morgan fingerprint density at radius 2 is 1.71 bits per heavy atom. The topological polar surface area (TPSA) is 76.1 Å². The summed E-state index contributed by atoms with van der Waals surface area (Å²) in [5.74, 6) is -1.31. The van der Waals surface area contributed by atoms with Gasteiger partial charge in [-0.15, -0.1) is 0 Å². The Labute approximate surface area is 123 Å². The average molecular weight is 286 g/mol. The molecule has 0 spiro atoms. The van der Waals surface area contributed by atoms with Gasteiger partial charge in [0.1, 0.15) is 5.41 Å². The van der Waals surface area contributed by atoms with Gasteiger partial charge in [-0.3, -0.25) is 19.4 Å². The van der Waals surface area contributed by atoms with Crippen molar-refractivity contribution in [2.75, 3.05) is 5.32 Å². The largest absolute Gasteiger partial charge is 0.325 e. The lowest BCUT2D eigenvalue weighted by Crippen LogP contribution is -2.47. The molecule has 2 saturated carbocycles. The van der Waals surface area contributed by atoms with Crippen LogP contribution in [-0.2, 0) is 14.4 Å². The minimum atomic E-state index is -1.25. The summed E-state index contributed by atoms with van der Waals surface area (Å²) in [5.41, 5.74) is -2.08. The molecule has 0 aromatic carbocycles. The molecule has 0 saturated heterocycles. The highest BCUT2D eigenvalue weighted by Gasteiger charge is 2.77. The van der Waals surface area contributed by atoms with Gasteiger partial charge in [-0.1, -0.05) is 20.8 Å². The number of amides is 1. The molecule has 1 N–H and O–H groups in total. The summed E-state index contributed by atoms with van der Waals surface area (Å²) in [6.45, 7) is 5.52. The van der Waals surface area contributed by atoms with Gasteiger partial charge in [0.25, 0.3) is 0 Å². The van der Waals surface area contributed by atoms with E-state index in [-0.39, 0.29) is 5.91 Å². The molecular formula is C16H18N2O3. The molecule has 3 rings (SSSR count). The summed E-state index contributed by atoms with van der Waals surface area (Å²) < 4.78 is 0. The van der Waals surface area contributed by atoms with Gasteiger partial charge in [-0.25, -0.2) is 0 Å². The van der Waals surface area contributed by atoms with Gasteiger partial charge >= 0.3 is 0 Å². The number of carbonyl (C=O) groups is 3. The number of rotatable bonds is 2. The molecule has 2 bridgehead atoms. The Kier molecular flexibility index (Phi) is 2.65. The smallest absolute Gasteiger partial charge is 0.239 e. The number of anilines is 1. The fourth-order valence-electron chi connectivity index (χ4n) is 3.95.